The minimum absolute atomic E-state index is 0.461. The number of hydrogen-bond acceptors (Lipinski definition) is 4. The van der Waals surface area contributed by atoms with Crippen LogP contribution in [0.25, 0.3) is 0 Å². The third-order valence-corrected chi connectivity index (χ3v) is 3.76. The number of hydrogen-bond donors (Lipinski definition) is 1. The first kappa shape index (κ1) is 14.9. The molecule has 0 saturated carbocycles. The maximum atomic E-state index is 5.26. The lowest BCUT2D eigenvalue weighted by Crippen LogP contribution is -2.42. The Balaban J connectivity index is 2.43. The van der Waals surface area contributed by atoms with Gasteiger partial charge >= 0.3 is 0 Å². The maximum absolute atomic E-state index is 5.26. The second-order valence-corrected chi connectivity index (χ2v) is 5.19. The number of nitrogens with zero attached hydrogens (tertiary/aromatic N) is 1. The van der Waals surface area contributed by atoms with Crippen LogP contribution in [-0.2, 0) is 9.47 Å². The Kier molecular flexibility index (Phi) is 7.04. The SMILES string of the molecule is COCCN(C[C@@H]1CNC[C@H]1C)C(C)COC. The average molecular weight is 244 g/mol. The van der Waals surface area contributed by atoms with Crippen molar-refractivity contribution in [1.29, 1.82) is 0 Å². The van der Waals surface area contributed by atoms with Crippen LogP contribution in [0.4, 0.5) is 0 Å². The van der Waals surface area contributed by atoms with Crippen molar-refractivity contribution in [2.45, 2.75) is 19.9 Å². The first-order chi connectivity index (χ1) is 8.19. The summed E-state index contributed by atoms with van der Waals surface area (Å²) in [5.74, 6) is 1.53. The molecular weight excluding hydrogens is 216 g/mol. The van der Waals surface area contributed by atoms with Crippen molar-refractivity contribution in [3.05, 3.63) is 0 Å². The Labute approximate surface area is 106 Å². The highest BCUT2D eigenvalue weighted by atomic mass is 16.5. The number of methoxy groups -OCH3 is 2. The highest BCUT2D eigenvalue weighted by molar-refractivity contribution is 4.82. The number of ether oxygens (including phenoxy) is 2. The number of nitrogens with one attached hydrogen (secondary N) is 1. The highest BCUT2D eigenvalue weighted by Crippen LogP contribution is 2.18. The minimum Gasteiger partial charge on any atom is -0.383 e. The molecule has 0 amide bonds. The van der Waals surface area contributed by atoms with Gasteiger partial charge in [-0.05, 0) is 31.8 Å². The van der Waals surface area contributed by atoms with Gasteiger partial charge in [0, 0.05) is 33.4 Å². The molecule has 4 heteroatoms. The molecule has 1 rings (SSSR count). The Hall–Kier alpha value is -0.160. The Bertz CT molecular complexity index is 202. The van der Waals surface area contributed by atoms with Crippen molar-refractivity contribution >= 4 is 0 Å². The molecule has 0 aliphatic carbocycles. The van der Waals surface area contributed by atoms with Gasteiger partial charge in [0.05, 0.1) is 13.2 Å². The van der Waals surface area contributed by atoms with Crippen LogP contribution in [-0.4, -0.2) is 64.6 Å². The maximum Gasteiger partial charge on any atom is 0.0615 e. The second kappa shape index (κ2) is 8.03. The van der Waals surface area contributed by atoms with E-state index in [9.17, 15) is 0 Å². The molecule has 17 heavy (non-hydrogen) atoms. The zero-order valence-corrected chi connectivity index (χ0v) is 11.7. The summed E-state index contributed by atoms with van der Waals surface area (Å²) in [6, 6.07) is 0.461. The Morgan fingerprint density at radius 1 is 1.29 bits per heavy atom. The highest BCUT2D eigenvalue weighted by Gasteiger charge is 2.26. The second-order valence-electron chi connectivity index (χ2n) is 5.19. The fourth-order valence-electron chi connectivity index (χ4n) is 2.46. The molecule has 0 aromatic carbocycles. The zero-order chi connectivity index (χ0) is 12.7. The van der Waals surface area contributed by atoms with E-state index in [2.05, 4.69) is 24.1 Å². The molecule has 1 aliphatic rings. The van der Waals surface area contributed by atoms with Crippen molar-refractivity contribution < 1.29 is 9.47 Å². The normalized spacial score (nSPS) is 26.6. The molecule has 4 nitrogen and oxygen atoms in total. The van der Waals surface area contributed by atoms with Gasteiger partial charge < -0.3 is 14.8 Å². The summed E-state index contributed by atoms with van der Waals surface area (Å²) in [6.07, 6.45) is 0. The molecule has 0 bridgehead atoms. The fraction of sp³-hybridized carbons (Fsp3) is 1.00. The van der Waals surface area contributed by atoms with Gasteiger partial charge in [0.15, 0.2) is 0 Å². The van der Waals surface area contributed by atoms with Crippen molar-refractivity contribution in [3.63, 3.8) is 0 Å². The van der Waals surface area contributed by atoms with E-state index < -0.39 is 0 Å². The molecule has 1 fully saturated rings. The molecule has 0 aromatic heterocycles. The summed E-state index contributed by atoms with van der Waals surface area (Å²) in [6.45, 7) is 10.6. The Morgan fingerprint density at radius 3 is 2.59 bits per heavy atom. The quantitative estimate of drug-likeness (QED) is 0.685. The van der Waals surface area contributed by atoms with Crippen molar-refractivity contribution in [2.24, 2.45) is 11.8 Å². The molecule has 1 unspecified atom stereocenters. The van der Waals surface area contributed by atoms with E-state index in [0.29, 0.717) is 6.04 Å². The van der Waals surface area contributed by atoms with E-state index in [1.54, 1.807) is 14.2 Å². The smallest absolute Gasteiger partial charge is 0.0615 e. The van der Waals surface area contributed by atoms with Gasteiger partial charge in [-0.1, -0.05) is 6.92 Å². The fourth-order valence-corrected chi connectivity index (χ4v) is 2.46. The van der Waals surface area contributed by atoms with Crippen LogP contribution in [0.3, 0.4) is 0 Å². The topological polar surface area (TPSA) is 33.7 Å². The van der Waals surface area contributed by atoms with E-state index in [1.165, 1.54) is 0 Å². The largest absolute Gasteiger partial charge is 0.383 e. The van der Waals surface area contributed by atoms with E-state index in [-0.39, 0.29) is 0 Å². The first-order valence-corrected chi connectivity index (χ1v) is 6.61. The lowest BCUT2D eigenvalue weighted by molar-refractivity contribution is 0.0630. The van der Waals surface area contributed by atoms with Gasteiger partial charge in [0.2, 0.25) is 0 Å². The van der Waals surface area contributed by atoms with E-state index in [1.807, 2.05) is 0 Å². The van der Waals surface area contributed by atoms with Gasteiger partial charge in [-0.25, -0.2) is 0 Å². The van der Waals surface area contributed by atoms with Crippen LogP contribution < -0.4 is 5.32 Å². The van der Waals surface area contributed by atoms with Gasteiger partial charge in [-0.3, -0.25) is 4.90 Å². The third kappa shape index (κ3) is 4.92. The zero-order valence-electron chi connectivity index (χ0n) is 11.7. The standard InChI is InChI=1S/C13H28N2O2/c1-11-7-14-8-13(11)9-15(5-6-16-3)12(2)10-17-4/h11-14H,5-10H2,1-4H3/t11-,12?,13+/m1/s1. The molecule has 0 aromatic rings. The first-order valence-electron chi connectivity index (χ1n) is 6.61. The summed E-state index contributed by atoms with van der Waals surface area (Å²) in [4.78, 5) is 2.49. The lowest BCUT2D eigenvalue weighted by Gasteiger charge is -2.31. The molecule has 0 radical (unpaired) electrons. The van der Waals surface area contributed by atoms with Crippen molar-refractivity contribution in [3.8, 4) is 0 Å². The van der Waals surface area contributed by atoms with Crippen LogP contribution in [0.1, 0.15) is 13.8 Å². The molecule has 102 valence electrons. The molecule has 1 N–H and O–H groups in total. The van der Waals surface area contributed by atoms with Crippen LogP contribution in [0.15, 0.2) is 0 Å². The predicted molar refractivity (Wildman–Crippen MR) is 70.3 cm³/mol. The lowest BCUT2D eigenvalue weighted by atomic mass is 9.97. The average Bonchev–Trinajstić information content (AvgIpc) is 2.70. The van der Waals surface area contributed by atoms with Gasteiger partial charge in [-0.15, -0.1) is 0 Å². The molecule has 0 spiro atoms. The minimum atomic E-state index is 0.461. The number of rotatable bonds is 8. The van der Waals surface area contributed by atoms with Crippen molar-refractivity contribution in [2.75, 3.05) is 53.6 Å². The molecule has 3 atom stereocenters. The Morgan fingerprint density at radius 2 is 2.06 bits per heavy atom. The van der Waals surface area contributed by atoms with E-state index in [4.69, 9.17) is 9.47 Å². The third-order valence-electron chi connectivity index (χ3n) is 3.76. The molecule has 1 heterocycles. The summed E-state index contributed by atoms with van der Waals surface area (Å²) in [5.41, 5.74) is 0. The monoisotopic (exact) mass is 244 g/mol. The van der Waals surface area contributed by atoms with Crippen LogP contribution in [0.2, 0.25) is 0 Å². The summed E-state index contributed by atoms with van der Waals surface area (Å²) in [5, 5.41) is 3.47. The van der Waals surface area contributed by atoms with E-state index >= 15 is 0 Å². The summed E-state index contributed by atoms with van der Waals surface area (Å²) in [7, 11) is 3.53. The van der Waals surface area contributed by atoms with Gasteiger partial charge in [0.25, 0.3) is 0 Å². The van der Waals surface area contributed by atoms with Crippen LogP contribution >= 0.6 is 0 Å². The van der Waals surface area contributed by atoms with Gasteiger partial charge in [0.1, 0.15) is 0 Å². The molecule has 1 saturated heterocycles. The summed E-state index contributed by atoms with van der Waals surface area (Å²) >= 11 is 0. The van der Waals surface area contributed by atoms with Crippen LogP contribution in [0, 0.1) is 11.8 Å². The predicted octanol–water partition coefficient (Wildman–Crippen LogP) is 0.825. The molecule has 1 aliphatic heterocycles. The van der Waals surface area contributed by atoms with Crippen molar-refractivity contribution in [1.82, 2.24) is 10.2 Å². The van der Waals surface area contributed by atoms with E-state index in [0.717, 1.165) is 51.2 Å². The molecular formula is C13H28N2O2. The van der Waals surface area contributed by atoms with Crippen LogP contribution in [0.5, 0.6) is 0 Å². The van der Waals surface area contributed by atoms with Gasteiger partial charge in [-0.2, -0.15) is 0 Å². The summed E-state index contributed by atoms with van der Waals surface area (Å²) < 4.78 is 10.5.